The maximum absolute atomic E-state index is 9.24. The van der Waals surface area contributed by atoms with Crippen molar-refractivity contribution in [1.29, 1.82) is 0 Å². The van der Waals surface area contributed by atoms with Gasteiger partial charge in [0, 0.05) is 0 Å². The predicted octanol–water partition coefficient (Wildman–Crippen LogP) is -0.145. The van der Waals surface area contributed by atoms with E-state index in [0.717, 1.165) is 19.3 Å². The van der Waals surface area contributed by atoms with Gasteiger partial charge in [0.15, 0.2) is 0 Å². The maximum Gasteiger partial charge on any atom is 0.257 e. The first-order valence-corrected chi connectivity index (χ1v) is 3.55. The van der Waals surface area contributed by atoms with E-state index in [9.17, 15) is 5.11 Å². The molecule has 0 spiro atoms. The quantitative estimate of drug-likeness (QED) is 0.498. The Bertz CT molecular complexity index is 87.1. The summed E-state index contributed by atoms with van der Waals surface area (Å²) in [7, 11) is 1.67. The highest BCUT2D eigenvalue weighted by Gasteiger charge is 2.21. The van der Waals surface area contributed by atoms with Crippen LogP contribution in [0.5, 0.6) is 0 Å². The van der Waals surface area contributed by atoms with Crippen LogP contribution in [0, 0.1) is 0 Å². The summed E-state index contributed by atoms with van der Waals surface area (Å²) < 4.78 is 5.05. The topological polar surface area (TPSA) is 29.5 Å². The predicted molar refractivity (Wildman–Crippen MR) is 37.9 cm³/mol. The summed E-state index contributed by atoms with van der Waals surface area (Å²) in [5.74, 6) is 0. The van der Waals surface area contributed by atoms with Crippen LogP contribution in [0.15, 0.2) is 0 Å². The van der Waals surface area contributed by atoms with E-state index < -0.39 is 0 Å². The van der Waals surface area contributed by atoms with Crippen LogP contribution in [0.2, 0.25) is 0 Å². The van der Waals surface area contributed by atoms with Crippen molar-refractivity contribution < 1.29 is 9.76 Å². The molecule has 1 fully saturated rings. The molecule has 0 aliphatic heterocycles. The third-order valence-electron chi connectivity index (χ3n) is 1.97. The van der Waals surface area contributed by atoms with E-state index in [2.05, 4.69) is 0 Å². The molecule has 0 heterocycles. The van der Waals surface area contributed by atoms with Gasteiger partial charge in [-0.1, -0.05) is 12.8 Å². The van der Waals surface area contributed by atoms with Gasteiger partial charge in [-0.15, -0.1) is 0 Å². The Morgan fingerprint density at radius 3 is 2.44 bits per heavy atom. The van der Waals surface area contributed by atoms with E-state index in [1.807, 2.05) is 0 Å². The molecule has 0 bridgehead atoms. The minimum absolute atomic E-state index is 0.110. The molecule has 1 N–H and O–H groups in total. The maximum atomic E-state index is 9.24. The van der Waals surface area contributed by atoms with Gasteiger partial charge in [-0.05, 0) is 12.8 Å². The Balaban J connectivity index is 2.30. The van der Waals surface area contributed by atoms with Gasteiger partial charge in [0.05, 0.1) is 12.2 Å². The monoisotopic (exact) mass is 128 g/mol. The SMILES string of the molecule is BOC1CCCCC1O. The number of aliphatic hydroxyl groups excluding tert-OH is 1. The minimum Gasteiger partial charge on any atom is -0.439 e. The molecule has 3 heteroatoms. The first kappa shape index (κ1) is 7.10. The molecule has 9 heavy (non-hydrogen) atoms. The molecule has 1 aliphatic carbocycles. The van der Waals surface area contributed by atoms with Crippen molar-refractivity contribution in [3.63, 3.8) is 0 Å². The Morgan fingerprint density at radius 1 is 1.33 bits per heavy atom. The molecule has 2 nitrogen and oxygen atoms in total. The molecule has 0 aromatic rings. The van der Waals surface area contributed by atoms with Crippen LogP contribution in [-0.2, 0) is 4.65 Å². The lowest BCUT2D eigenvalue weighted by Crippen LogP contribution is -2.31. The molecule has 0 saturated heterocycles. The molecule has 1 saturated carbocycles. The number of hydrogen-bond donors (Lipinski definition) is 1. The van der Waals surface area contributed by atoms with Crippen LogP contribution in [0.25, 0.3) is 0 Å². The van der Waals surface area contributed by atoms with Gasteiger partial charge in [0.2, 0.25) is 0 Å². The number of rotatable bonds is 1. The van der Waals surface area contributed by atoms with E-state index in [4.69, 9.17) is 4.65 Å². The summed E-state index contributed by atoms with van der Waals surface area (Å²) in [6, 6.07) is 0. The van der Waals surface area contributed by atoms with Gasteiger partial charge in [0.1, 0.15) is 0 Å². The molecule has 0 radical (unpaired) electrons. The zero-order valence-corrected chi connectivity index (χ0v) is 5.84. The second-order valence-corrected chi connectivity index (χ2v) is 2.63. The summed E-state index contributed by atoms with van der Waals surface area (Å²) in [4.78, 5) is 0. The first-order valence-electron chi connectivity index (χ1n) is 3.55. The lowest BCUT2D eigenvalue weighted by atomic mass is 9.94. The highest BCUT2D eigenvalue weighted by atomic mass is 16.4. The minimum atomic E-state index is -0.205. The van der Waals surface area contributed by atoms with E-state index in [0.29, 0.717) is 0 Å². The van der Waals surface area contributed by atoms with Gasteiger partial charge >= 0.3 is 0 Å². The lowest BCUT2D eigenvalue weighted by molar-refractivity contribution is 0.0114. The van der Waals surface area contributed by atoms with Crippen molar-refractivity contribution >= 4 is 8.05 Å². The van der Waals surface area contributed by atoms with Crippen LogP contribution < -0.4 is 0 Å². The van der Waals surface area contributed by atoms with Crippen LogP contribution in [0.3, 0.4) is 0 Å². The molecule has 52 valence electrons. The average molecular weight is 128 g/mol. The van der Waals surface area contributed by atoms with Crippen molar-refractivity contribution in [1.82, 2.24) is 0 Å². The van der Waals surface area contributed by atoms with Crippen molar-refractivity contribution in [2.24, 2.45) is 0 Å². The standard InChI is InChI=1S/C6H13BO2/c7-9-6-4-2-1-3-5(6)8/h5-6,8H,1-4,7H2. The first-order chi connectivity index (χ1) is 4.34. The Hall–Kier alpha value is -0.0151. The summed E-state index contributed by atoms with van der Waals surface area (Å²) in [5.41, 5.74) is 0. The van der Waals surface area contributed by atoms with E-state index in [1.165, 1.54) is 6.42 Å². The number of hydrogen-bond acceptors (Lipinski definition) is 2. The van der Waals surface area contributed by atoms with E-state index in [-0.39, 0.29) is 12.2 Å². The van der Waals surface area contributed by atoms with Crippen molar-refractivity contribution in [3.8, 4) is 0 Å². The molecule has 1 aliphatic rings. The fraction of sp³-hybridized carbons (Fsp3) is 1.00. The highest BCUT2D eigenvalue weighted by Crippen LogP contribution is 2.19. The van der Waals surface area contributed by atoms with E-state index >= 15 is 0 Å². The molecule has 2 atom stereocenters. The molecule has 0 aromatic heterocycles. The lowest BCUT2D eigenvalue weighted by Gasteiger charge is -2.26. The largest absolute Gasteiger partial charge is 0.439 e. The molecule has 1 rings (SSSR count). The van der Waals surface area contributed by atoms with Crippen LogP contribution in [0.1, 0.15) is 25.7 Å². The van der Waals surface area contributed by atoms with Crippen LogP contribution in [0.4, 0.5) is 0 Å². The number of aliphatic hydroxyl groups is 1. The fourth-order valence-corrected chi connectivity index (χ4v) is 1.35. The highest BCUT2D eigenvalue weighted by molar-refractivity contribution is 5.98. The molecule has 0 aromatic carbocycles. The zero-order chi connectivity index (χ0) is 6.69. The van der Waals surface area contributed by atoms with Gasteiger partial charge in [-0.25, -0.2) is 0 Å². The van der Waals surface area contributed by atoms with Gasteiger partial charge in [-0.2, -0.15) is 0 Å². The second-order valence-electron chi connectivity index (χ2n) is 2.63. The van der Waals surface area contributed by atoms with E-state index in [1.54, 1.807) is 8.05 Å². The third kappa shape index (κ3) is 1.70. The molecular weight excluding hydrogens is 115 g/mol. The summed E-state index contributed by atoms with van der Waals surface area (Å²) >= 11 is 0. The van der Waals surface area contributed by atoms with Gasteiger partial charge in [0.25, 0.3) is 8.05 Å². The second kappa shape index (κ2) is 3.23. The van der Waals surface area contributed by atoms with Crippen molar-refractivity contribution in [3.05, 3.63) is 0 Å². The smallest absolute Gasteiger partial charge is 0.257 e. The zero-order valence-electron chi connectivity index (χ0n) is 5.84. The Kier molecular flexibility index (Phi) is 2.55. The molecular formula is C6H13BO2. The average Bonchev–Trinajstić information content (AvgIpc) is 1.89. The van der Waals surface area contributed by atoms with Crippen molar-refractivity contribution in [2.45, 2.75) is 37.9 Å². The summed E-state index contributed by atoms with van der Waals surface area (Å²) in [6.45, 7) is 0. The normalized spacial score (nSPS) is 36.6. The third-order valence-corrected chi connectivity index (χ3v) is 1.97. The van der Waals surface area contributed by atoms with Crippen LogP contribution in [-0.4, -0.2) is 25.4 Å². The summed E-state index contributed by atoms with van der Waals surface area (Å²) in [5, 5.41) is 9.24. The molecule has 2 unspecified atom stereocenters. The van der Waals surface area contributed by atoms with Gasteiger partial charge in [-0.3, -0.25) is 0 Å². The van der Waals surface area contributed by atoms with Crippen molar-refractivity contribution in [2.75, 3.05) is 0 Å². The van der Waals surface area contributed by atoms with Crippen LogP contribution >= 0.6 is 0 Å². The van der Waals surface area contributed by atoms with Gasteiger partial charge < -0.3 is 9.76 Å². The fourth-order valence-electron chi connectivity index (χ4n) is 1.35. The Labute approximate surface area is 56.7 Å². The summed E-state index contributed by atoms with van der Waals surface area (Å²) in [6.07, 6.45) is 4.20. The molecule has 0 amide bonds. The Morgan fingerprint density at radius 2 is 2.00 bits per heavy atom.